The van der Waals surface area contributed by atoms with Crippen LogP contribution in [0, 0.1) is 5.92 Å². The highest BCUT2D eigenvalue weighted by molar-refractivity contribution is 7.47. The smallest absolute Gasteiger partial charge is 0.462 e. The number of carbonyl (C=O) groups is 4. The molecule has 0 heterocycles. The average molecular weight is 1170 g/mol. The molecule has 0 radical (unpaired) electrons. The van der Waals surface area contributed by atoms with Crippen LogP contribution in [0.25, 0.3) is 0 Å². The highest BCUT2D eigenvalue weighted by Gasteiger charge is 2.30. The van der Waals surface area contributed by atoms with Crippen LogP contribution in [0.1, 0.15) is 298 Å². The number of phosphoric ester groups is 2. The summed E-state index contributed by atoms with van der Waals surface area (Å²) in [6.07, 6.45) is 36.3. The number of rotatable bonds is 60. The molecule has 0 aliphatic carbocycles. The van der Waals surface area contributed by atoms with Crippen molar-refractivity contribution in [1.82, 2.24) is 0 Å². The quantitative estimate of drug-likeness (QED) is 0.0222. The van der Waals surface area contributed by atoms with Crippen molar-refractivity contribution in [3.8, 4) is 0 Å². The van der Waals surface area contributed by atoms with Gasteiger partial charge >= 0.3 is 39.5 Å². The molecule has 6 atom stereocenters. The molecule has 3 N–H and O–H groups in total. The monoisotopic (exact) mass is 1170 g/mol. The Labute approximate surface area is 479 Å². The van der Waals surface area contributed by atoms with Gasteiger partial charge in [-0.05, 0) is 31.6 Å². The summed E-state index contributed by atoms with van der Waals surface area (Å²) in [4.78, 5) is 71.8. The number of ether oxygens (including phenoxy) is 4. The third-order valence-corrected chi connectivity index (χ3v) is 16.0. The summed E-state index contributed by atoms with van der Waals surface area (Å²) in [7, 11) is -9.87. The van der Waals surface area contributed by atoms with Crippen LogP contribution < -0.4 is 0 Å². The van der Waals surface area contributed by atoms with Gasteiger partial charge in [-0.3, -0.25) is 37.3 Å². The third-order valence-electron chi connectivity index (χ3n) is 14.1. The fourth-order valence-electron chi connectivity index (χ4n) is 8.84. The highest BCUT2D eigenvalue weighted by Crippen LogP contribution is 2.45. The maximum Gasteiger partial charge on any atom is 0.472 e. The minimum absolute atomic E-state index is 0.104. The van der Waals surface area contributed by atoms with Gasteiger partial charge in [0.25, 0.3) is 0 Å². The van der Waals surface area contributed by atoms with Gasteiger partial charge in [0.05, 0.1) is 26.4 Å². The van der Waals surface area contributed by atoms with E-state index in [1.165, 1.54) is 103 Å². The first-order valence-electron chi connectivity index (χ1n) is 31.7. The van der Waals surface area contributed by atoms with E-state index in [2.05, 4.69) is 34.6 Å². The summed E-state index contributed by atoms with van der Waals surface area (Å²) < 4.78 is 67.7. The lowest BCUT2D eigenvalue weighted by molar-refractivity contribution is -0.161. The SMILES string of the molecule is CCCCCCCCCCCCCCC(=O)OC[C@H](COP(=O)(O)OC[C@@H](O)COP(=O)(O)OC[C@@H](COC(=O)CCCCCCCCC)OC(=O)CCCCCCCCCC)OC(=O)CCCCCCCCCCC(C)CC. The normalized spacial score (nSPS) is 14.7. The molecule has 468 valence electrons. The molecular weight excluding hydrogens is 1050 g/mol. The second-order valence-corrected chi connectivity index (χ2v) is 24.9. The Balaban J connectivity index is 5.21. The van der Waals surface area contributed by atoms with E-state index in [9.17, 15) is 43.2 Å². The fourth-order valence-corrected chi connectivity index (χ4v) is 10.4. The molecule has 0 spiro atoms. The Kier molecular flexibility index (Phi) is 52.7. The minimum Gasteiger partial charge on any atom is -0.462 e. The van der Waals surface area contributed by atoms with Gasteiger partial charge in [-0.15, -0.1) is 0 Å². The molecule has 0 bridgehead atoms. The molecule has 0 aromatic carbocycles. The standard InChI is InChI=1S/C60H116O17P2/c1-6-10-13-16-19-21-22-23-24-30-34-39-44-58(63)71-50-56(77-60(65)46-41-36-31-26-25-28-32-37-42-53(5)9-4)52-75-79(68,69)73-48-54(61)47-72-78(66,67)74-51-55(49-70-57(62)43-38-33-27-18-15-12-8-3)76-59(64)45-40-35-29-20-17-14-11-7-2/h53-56,61H,6-52H2,1-5H3,(H,66,67)(H,68,69)/t53?,54-,55+,56+/m0/s1. The molecule has 0 aromatic rings. The van der Waals surface area contributed by atoms with Crippen molar-refractivity contribution in [2.75, 3.05) is 39.6 Å². The molecule has 3 unspecified atom stereocenters. The Morgan fingerprint density at radius 3 is 0.899 bits per heavy atom. The fraction of sp³-hybridized carbons (Fsp3) is 0.933. The number of hydrogen-bond donors (Lipinski definition) is 3. The summed E-state index contributed by atoms with van der Waals surface area (Å²) >= 11 is 0. The van der Waals surface area contributed by atoms with Crippen molar-refractivity contribution in [3.05, 3.63) is 0 Å². The first-order chi connectivity index (χ1) is 38.1. The van der Waals surface area contributed by atoms with Gasteiger partial charge in [0, 0.05) is 25.7 Å². The lowest BCUT2D eigenvalue weighted by atomic mass is 9.99. The van der Waals surface area contributed by atoms with Gasteiger partial charge in [0.2, 0.25) is 0 Å². The number of esters is 4. The maximum atomic E-state index is 12.9. The molecule has 0 saturated heterocycles. The Morgan fingerprint density at radius 2 is 0.608 bits per heavy atom. The molecule has 0 saturated carbocycles. The first-order valence-corrected chi connectivity index (χ1v) is 34.7. The molecular formula is C60H116O17P2. The van der Waals surface area contributed by atoms with E-state index in [0.29, 0.717) is 25.7 Å². The van der Waals surface area contributed by atoms with E-state index in [4.69, 9.17) is 37.0 Å². The highest BCUT2D eigenvalue weighted by atomic mass is 31.2. The van der Waals surface area contributed by atoms with Crippen molar-refractivity contribution in [2.45, 2.75) is 316 Å². The van der Waals surface area contributed by atoms with Crippen molar-refractivity contribution < 1.29 is 80.2 Å². The van der Waals surface area contributed by atoms with Crippen molar-refractivity contribution >= 4 is 39.5 Å². The zero-order valence-electron chi connectivity index (χ0n) is 50.5. The summed E-state index contributed by atoms with van der Waals surface area (Å²) in [5.74, 6) is -1.38. The molecule has 79 heavy (non-hydrogen) atoms. The summed E-state index contributed by atoms with van der Waals surface area (Å²) in [6.45, 7) is 7.09. The first kappa shape index (κ1) is 77.1. The van der Waals surface area contributed by atoms with Crippen LogP contribution in [-0.4, -0.2) is 96.7 Å². The predicted octanol–water partition coefficient (Wildman–Crippen LogP) is 16.2. The number of phosphoric acid groups is 2. The minimum atomic E-state index is -4.94. The summed E-state index contributed by atoms with van der Waals surface area (Å²) in [5.41, 5.74) is 0. The largest absolute Gasteiger partial charge is 0.472 e. The van der Waals surface area contributed by atoms with Crippen LogP contribution in [0.15, 0.2) is 0 Å². The Morgan fingerprint density at radius 1 is 0.354 bits per heavy atom. The lowest BCUT2D eigenvalue weighted by Crippen LogP contribution is -2.30. The van der Waals surface area contributed by atoms with Crippen LogP contribution in [-0.2, 0) is 65.4 Å². The topological polar surface area (TPSA) is 237 Å². The average Bonchev–Trinajstić information content (AvgIpc) is 3.42. The van der Waals surface area contributed by atoms with Gasteiger partial charge in [-0.1, -0.05) is 247 Å². The van der Waals surface area contributed by atoms with Crippen molar-refractivity contribution in [3.63, 3.8) is 0 Å². The Bertz CT molecular complexity index is 1550. The van der Waals surface area contributed by atoms with Crippen LogP contribution in [0.4, 0.5) is 0 Å². The van der Waals surface area contributed by atoms with Gasteiger partial charge in [0.1, 0.15) is 19.3 Å². The van der Waals surface area contributed by atoms with Crippen LogP contribution in [0.5, 0.6) is 0 Å². The molecule has 0 aliphatic rings. The van der Waals surface area contributed by atoms with E-state index in [-0.39, 0.29) is 25.7 Å². The molecule has 0 aliphatic heterocycles. The second kappa shape index (κ2) is 54.0. The van der Waals surface area contributed by atoms with Gasteiger partial charge in [-0.25, -0.2) is 9.13 Å². The van der Waals surface area contributed by atoms with Crippen molar-refractivity contribution in [1.29, 1.82) is 0 Å². The lowest BCUT2D eigenvalue weighted by Gasteiger charge is -2.21. The van der Waals surface area contributed by atoms with Crippen molar-refractivity contribution in [2.24, 2.45) is 5.92 Å². The molecule has 0 rings (SSSR count). The Hall–Kier alpha value is -1.94. The van der Waals surface area contributed by atoms with Crippen LogP contribution >= 0.6 is 15.6 Å². The molecule has 17 nitrogen and oxygen atoms in total. The van der Waals surface area contributed by atoms with Gasteiger partial charge in [-0.2, -0.15) is 0 Å². The van der Waals surface area contributed by atoms with E-state index >= 15 is 0 Å². The molecule has 0 aromatic heterocycles. The number of aliphatic hydroxyl groups is 1. The van der Waals surface area contributed by atoms with Crippen LogP contribution in [0.2, 0.25) is 0 Å². The van der Waals surface area contributed by atoms with E-state index in [1.54, 1.807) is 0 Å². The number of unbranched alkanes of at least 4 members (excludes halogenated alkanes) is 31. The second-order valence-electron chi connectivity index (χ2n) is 22.0. The van der Waals surface area contributed by atoms with Crippen LogP contribution in [0.3, 0.4) is 0 Å². The predicted molar refractivity (Wildman–Crippen MR) is 312 cm³/mol. The summed E-state index contributed by atoms with van der Waals surface area (Å²) in [5, 5.41) is 10.5. The molecule has 19 heteroatoms. The van der Waals surface area contributed by atoms with E-state index in [0.717, 1.165) is 115 Å². The van der Waals surface area contributed by atoms with Gasteiger partial charge < -0.3 is 33.8 Å². The van der Waals surface area contributed by atoms with E-state index in [1.807, 2.05) is 0 Å². The molecule has 0 amide bonds. The number of hydrogen-bond acceptors (Lipinski definition) is 15. The maximum absolute atomic E-state index is 12.9. The number of carbonyl (C=O) groups excluding carboxylic acids is 4. The van der Waals surface area contributed by atoms with E-state index < -0.39 is 97.5 Å². The number of aliphatic hydroxyl groups excluding tert-OH is 1. The summed E-state index contributed by atoms with van der Waals surface area (Å²) in [6, 6.07) is 0. The molecule has 0 fully saturated rings. The van der Waals surface area contributed by atoms with Gasteiger partial charge in [0.15, 0.2) is 12.2 Å². The third kappa shape index (κ3) is 53.8. The zero-order chi connectivity index (χ0) is 58.5. The zero-order valence-corrected chi connectivity index (χ0v) is 52.3.